The van der Waals surface area contributed by atoms with Crippen LogP contribution in [0.5, 0.6) is 0 Å². The van der Waals surface area contributed by atoms with E-state index in [0.29, 0.717) is 11.8 Å². The number of hydrogen-bond donors (Lipinski definition) is 0. The summed E-state index contributed by atoms with van der Waals surface area (Å²) in [6, 6.07) is 8.63. The molecule has 0 aromatic heterocycles. The Hall–Kier alpha value is -1.11. The molecule has 1 aromatic rings. The van der Waals surface area contributed by atoms with Gasteiger partial charge in [0.2, 0.25) is 0 Å². The van der Waals surface area contributed by atoms with Crippen LogP contribution in [-0.2, 0) is 4.79 Å². The smallest absolute Gasteiger partial charge is 0.123 e. The van der Waals surface area contributed by atoms with Gasteiger partial charge in [0.25, 0.3) is 0 Å². The Morgan fingerprint density at radius 3 is 2.40 bits per heavy atom. The Balaban J connectivity index is 2.07. The zero-order valence-electron chi connectivity index (χ0n) is 9.28. The van der Waals surface area contributed by atoms with E-state index in [0.717, 1.165) is 19.1 Å². The molecule has 1 saturated carbocycles. The second-order valence-corrected chi connectivity index (χ2v) is 4.60. The molecule has 0 bridgehead atoms. The third-order valence-corrected chi connectivity index (χ3v) is 3.59. The lowest BCUT2D eigenvalue weighted by Crippen LogP contribution is -2.14. The van der Waals surface area contributed by atoms with Crippen molar-refractivity contribution in [3.63, 3.8) is 0 Å². The molecular weight excluding hydrogens is 184 g/mol. The largest absolute Gasteiger partial charge is 0.303 e. The van der Waals surface area contributed by atoms with Gasteiger partial charge in [-0.1, -0.05) is 24.3 Å². The topological polar surface area (TPSA) is 17.1 Å². The minimum Gasteiger partial charge on any atom is -0.303 e. The standard InChI is InChI=1S/C14H18O/c1-11-4-2-3-5-14(11)13-8-6-12(10-15)7-9-13/h2-5,10,12-13H,6-9H2,1H3. The second-order valence-electron chi connectivity index (χ2n) is 4.60. The predicted molar refractivity (Wildman–Crippen MR) is 61.9 cm³/mol. The van der Waals surface area contributed by atoms with Gasteiger partial charge in [0.05, 0.1) is 0 Å². The fourth-order valence-corrected chi connectivity index (χ4v) is 2.61. The van der Waals surface area contributed by atoms with Crippen molar-refractivity contribution in [3.05, 3.63) is 35.4 Å². The van der Waals surface area contributed by atoms with Gasteiger partial charge >= 0.3 is 0 Å². The van der Waals surface area contributed by atoms with Gasteiger partial charge in [-0.05, 0) is 49.7 Å². The van der Waals surface area contributed by atoms with Crippen molar-refractivity contribution in [2.75, 3.05) is 0 Å². The van der Waals surface area contributed by atoms with Crippen LogP contribution in [0.2, 0.25) is 0 Å². The molecule has 0 spiro atoms. The molecule has 1 aliphatic carbocycles. The highest BCUT2D eigenvalue weighted by atomic mass is 16.1. The molecule has 15 heavy (non-hydrogen) atoms. The van der Waals surface area contributed by atoms with E-state index in [1.165, 1.54) is 24.0 Å². The lowest BCUT2D eigenvalue weighted by atomic mass is 9.78. The highest BCUT2D eigenvalue weighted by Crippen LogP contribution is 2.36. The number of benzene rings is 1. The van der Waals surface area contributed by atoms with Gasteiger partial charge in [0, 0.05) is 5.92 Å². The Bertz CT molecular complexity index is 335. The highest BCUT2D eigenvalue weighted by Gasteiger charge is 2.22. The van der Waals surface area contributed by atoms with Crippen molar-refractivity contribution in [3.8, 4) is 0 Å². The van der Waals surface area contributed by atoms with E-state index < -0.39 is 0 Å². The number of carbonyl (C=O) groups excluding carboxylic acids is 1. The molecule has 1 heteroatoms. The monoisotopic (exact) mass is 202 g/mol. The SMILES string of the molecule is Cc1ccccc1C1CCC(C=O)CC1. The van der Waals surface area contributed by atoms with Crippen molar-refractivity contribution in [2.45, 2.75) is 38.5 Å². The molecule has 0 atom stereocenters. The molecule has 1 aromatic carbocycles. The Labute approximate surface area is 91.5 Å². The summed E-state index contributed by atoms with van der Waals surface area (Å²) in [7, 11) is 0. The van der Waals surface area contributed by atoms with Gasteiger partial charge in [0.1, 0.15) is 6.29 Å². The minimum absolute atomic E-state index is 0.324. The van der Waals surface area contributed by atoms with Gasteiger partial charge in [-0.25, -0.2) is 0 Å². The van der Waals surface area contributed by atoms with Crippen LogP contribution in [0, 0.1) is 12.8 Å². The third-order valence-electron chi connectivity index (χ3n) is 3.59. The zero-order valence-corrected chi connectivity index (χ0v) is 9.28. The molecule has 0 N–H and O–H groups in total. The van der Waals surface area contributed by atoms with Gasteiger partial charge in [0.15, 0.2) is 0 Å². The maximum atomic E-state index is 10.7. The summed E-state index contributed by atoms with van der Waals surface area (Å²) in [4.78, 5) is 10.7. The molecule has 80 valence electrons. The predicted octanol–water partition coefficient (Wildman–Crippen LogP) is 3.47. The van der Waals surface area contributed by atoms with Crippen molar-refractivity contribution < 1.29 is 4.79 Å². The summed E-state index contributed by atoms with van der Waals surface area (Å²) < 4.78 is 0. The molecule has 0 saturated heterocycles. The average Bonchev–Trinajstić information content (AvgIpc) is 2.30. The molecule has 1 nitrogen and oxygen atoms in total. The summed E-state index contributed by atoms with van der Waals surface area (Å²) in [6.45, 7) is 2.18. The second kappa shape index (κ2) is 4.61. The first-order chi connectivity index (χ1) is 7.31. The molecule has 0 unspecified atom stereocenters. The van der Waals surface area contributed by atoms with Gasteiger partial charge in [-0.3, -0.25) is 0 Å². The molecule has 0 radical (unpaired) electrons. The molecule has 0 amide bonds. The summed E-state index contributed by atoms with van der Waals surface area (Å²) in [5.74, 6) is 1.01. The first-order valence-electron chi connectivity index (χ1n) is 5.82. The number of rotatable bonds is 2. The molecule has 1 fully saturated rings. The van der Waals surface area contributed by atoms with E-state index >= 15 is 0 Å². The van der Waals surface area contributed by atoms with Crippen molar-refractivity contribution in [2.24, 2.45) is 5.92 Å². The van der Waals surface area contributed by atoms with Crippen molar-refractivity contribution >= 4 is 6.29 Å². The van der Waals surface area contributed by atoms with Crippen LogP contribution in [0.15, 0.2) is 24.3 Å². The molecule has 1 aliphatic rings. The van der Waals surface area contributed by atoms with Crippen LogP contribution in [0.1, 0.15) is 42.7 Å². The summed E-state index contributed by atoms with van der Waals surface area (Å²) >= 11 is 0. The van der Waals surface area contributed by atoms with Gasteiger partial charge in [-0.15, -0.1) is 0 Å². The zero-order chi connectivity index (χ0) is 10.7. The van der Waals surface area contributed by atoms with E-state index in [1.54, 1.807) is 0 Å². The van der Waals surface area contributed by atoms with E-state index in [4.69, 9.17) is 0 Å². The number of aryl methyl sites for hydroxylation is 1. The lowest BCUT2D eigenvalue weighted by Gasteiger charge is -2.26. The van der Waals surface area contributed by atoms with Crippen LogP contribution in [-0.4, -0.2) is 6.29 Å². The maximum absolute atomic E-state index is 10.7. The van der Waals surface area contributed by atoms with Gasteiger partial charge in [-0.2, -0.15) is 0 Å². The van der Waals surface area contributed by atoms with E-state index in [1.807, 2.05) is 0 Å². The number of carbonyl (C=O) groups is 1. The normalized spacial score (nSPS) is 26.2. The Morgan fingerprint density at radius 1 is 1.13 bits per heavy atom. The van der Waals surface area contributed by atoms with Crippen LogP contribution < -0.4 is 0 Å². The highest BCUT2D eigenvalue weighted by molar-refractivity contribution is 5.53. The number of aldehydes is 1. The minimum atomic E-state index is 0.324. The van der Waals surface area contributed by atoms with Crippen LogP contribution >= 0.6 is 0 Å². The first kappa shape index (κ1) is 10.4. The first-order valence-corrected chi connectivity index (χ1v) is 5.82. The summed E-state index contributed by atoms with van der Waals surface area (Å²) in [5.41, 5.74) is 2.88. The lowest BCUT2D eigenvalue weighted by molar-refractivity contribution is -0.111. The average molecular weight is 202 g/mol. The van der Waals surface area contributed by atoms with Crippen LogP contribution in [0.25, 0.3) is 0 Å². The maximum Gasteiger partial charge on any atom is 0.123 e. The van der Waals surface area contributed by atoms with Gasteiger partial charge < -0.3 is 4.79 Å². The summed E-state index contributed by atoms with van der Waals surface area (Å²) in [6.07, 6.45) is 5.63. The molecule has 2 rings (SSSR count). The van der Waals surface area contributed by atoms with Crippen molar-refractivity contribution in [1.29, 1.82) is 0 Å². The van der Waals surface area contributed by atoms with Crippen LogP contribution in [0.3, 0.4) is 0 Å². The van der Waals surface area contributed by atoms with E-state index in [9.17, 15) is 4.79 Å². The van der Waals surface area contributed by atoms with Crippen LogP contribution in [0.4, 0.5) is 0 Å². The fourth-order valence-electron chi connectivity index (χ4n) is 2.61. The molecule has 0 aliphatic heterocycles. The fraction of sp³-hybridized carbons (Fsp3) is 0.500. The Morgan fingerprint density at radius 2 is 1.80 bits per heavy atom. The number of hydrogen-bond acceptors (Lipinski definition) is 1. The Kier molecular flexibility index (Phi) is 3.20. The quantitative estimate of drug-likeness (QED) is 0.671. The van der Waals surface area contributed by atoms with E-state index in [2.05, 4.69) is 31.2 Å². The summed E-state index contributed by atoms with van der Waals surface area (Å²) in [5, 5.41) is 0. The van der Waals surface area contributed by atoms with Crippen molar-refractivity contribution in [1.82, 2.24) is 0 Å². The third kappa shape index (κ3) is 2.28. The van der Waals surface area contributed by atoms with E-state index in [-0.39, 0.29) is 0 Å². The molecule has 0 heterocycles. The molecular formula is C14H18O.